The van der Waals surface area contributed by atoms with Crippen LogP contribution in [0.5, 0.6) is 0 Å². The molecule has 0 radical (unpaired) electrons. The Kier molecular flexibility index (Phi) is 5.47. The summed E-state index contributed by atoms with van der Waals surface area (Å²) in [5, 5.41) is 6.21. The molecule has 26 heavy (non-hydrogen) atoms. The summed E-state index contributed by atoms with van der Waals surface area (Å²) >= 11 is 0. The van der Waals surface area contributed by atoms with Crippen molar-refractivity contribution in [2.24, 2.45) is 0 Å². The topological polar surface area (TPSA) is 127 Å². The number of sulfonamides is 1. The summed E-state index contributed by atoms with van der Waals surface area (Å²) in [6.45, 7) is 10.4. The smallest absolute Gasteiger partial charge is 0.246 e. The normalized spacial score (nSPS) is 13.5. The first-order chi connectivity index (χ1) is 11.9. The number of nitrogens with zero attached hydrogens (tertiary/aromatic N) is 3. The van der Waals surface area contributed by atoms with Crippen molar-refractivity contribution in [2.45, 2.75) is 57.9 Å². The van der Waals surface area contributed by atoms with Crippen molar-refractivity contribution in [2.75, 3.05) is 5.32 Å². The van der Waals surface area contributed by atoms with Crippen molar-refractivity contribution in [1.29, 1.82) is 0 Å². The molecule has 2 N–H and O–H groups in total. The number of carbonyl (C=O) groups excluding carboxylic acids is 1. The second-order valence-electron chi connectivity index (χ2n) is 7.03. The zero-order chi connectivity index (χ0) is 19.7. The van der Waals surface area contributed by atoms with Crippen LogP contribution in [-0.2, 0) is 20.2 Å². The van der Waals surface area contributed by atoms with Gasteiger partial charge in [0.15, 0.2) is 5.76 Å². The van der Waals surface area contributed by atoms with E-state index in [-0.39, 0.29) is 21.8 Å². The lowest BCUT2D eigenvalue weighted by atomic mass is 9.96. The molecule has 0 saturated carbocycles. The van der Waals surface area contributed by atoms with Gasteiger partial charge in [0.1, 0.15) is 16.4 Å². The van der Waals surface area contributed by atoms with E-state index < -0.39 is 22.0 Å². The van der Waals surface area contributed by atoms with Gasteiger partial charge in [-0.3, -0.25) is 4.79 Å². The molecule has 2 heterocycles. The molecule has 0 aliphatic carbocycles. The van der Waals surface area contributed by atoms with E-state index in [1.807, 2.05) is 20.8 Å². The highest BCUT2D eigenvalue weighted by molar-refractivity contribution is 7.89. The third kappa shape index (κ3) is 4.44. The first-order valence-corrected chi connectivity index (χ1v) is 9.48. The average molecular weight is 381 g/mol. The molecule has 0 aliphatic rings. The minimum atomic E-state index is -3.94. The van der Waals surface area contributed by atoms with Crippen LogP contribution < -0.4 is 10.0 Å². The Bertz CT molecular complexity index is 878. The molecule has 1 amide bonds. The number of rotatable bonds is 5. The first-order valence-electron chi connectivity index (χ1n) is 8.00. The van der Waals surface area contributed by atoms with Crippen LogP contribution in [0.25, 0.3) is 0 Å². The molecule has 2 aromatic rings. The predicted molar refractivity (Wildman–Crippen MR) is 95.1 cm³/mol. The Labute approximate surface area is 152 Å². The SMILES string of the molecule is Cc1noc(C)c1S(=O)(=O)N[C@@H](C)C(=O)Nc1cnc(C(C)(C)C)nc1. The monoisotopic (exact) mass is 381 g/mol. The van der Waals surface area contributed by atoms with E-state index in [9.17, 15) is 13.2 Å². The van der Waals surface area contributed by atoms with Crippen molar-refractivity contribution in [3.8, 4) is 0 Å². The van der Waals surface area contributed by atoms with Crippen molar-refractivity contribution in [3.63, 3.8) is 0 Å². The zero-order valence-corrected chi connectivity index (χ0v) is 16.4. The lowest BCUT2D eigenvalue weighted by molar-refractivity contribution is -0.117. The Balaban J connectivity index is 2.08. The van der Waals surface area contributed by atoms with E-state index in [0.29, 0.717) is 11.5 Å². The number of aromatic nitrogens is 3. The maximum Gasteiger partial charge on any atom is 0.246 e. The average Bonchev–Trinajstić information content (AvgIpc) is 2.86. The van der Waals surface area contributed by atoms with E-state index >= 15 is 0 Å². The molecule has 0 aliphatic heterocycles. The second-order valence-corrected chi connectivity index (χ2v) is 8.68. The summed E-state index contributed by atoms with van der Waals surface area (Å²) in [6.07, 6.45) is 2.97. The number of amides is 1. The molecule has 0 bridgehead atoms. The van der Waals surface area contributed by atoms with Crippen molar-refractivity contribution in [1.82, 2.24) is 19.8 Å². The minimum Gasteiger partial charge on any atom is -0.360 e. The molecule has 0 unspecified atom stereocenters. The van der Waals surface area contributed by atoms with Gasteiger partial charge in [-0.2, -0.15) is 4.72 Å². The predicted octanol–water partition coefficient (Wildman–Crippen LogP) is 1.68. The van der Waals surface area contributed by atoms with E-state index in [1.165, 1.54) is 33.2 Å². The van der Waals surface area contributed by atoms with Crippen LogP contribution in [-0.4, -0.2) is 35.5 Å². The van der Waals surface area contributed by atoms with Crippen LogP contribution in [0.1, 0.15) is 45.0 Å². The Morgan fingerprint density at radius 3 is 2.23 bits per heavy atom. The maximum absolute atomic E-state index is 12.4. The highest BCUT2D eigenvalue weighted by atomic mass is 32.2. The summed E-state index contributed by atoms with van der Waals surface area (Å²) < 4.78 is 32.1. The largest absolute Gasteiger partial charge is 0.360 e. The van der Waals surface area contributed by atoms with Crippen LogP contribution in [0.2, 0.25) is 0 Å². The third-order valence-corrected chi connectivity index (χ3v) is 5.34. The molecule has 0 aromatic carbocycles. The quantitative estimate of drug-likeness (QED) is 0.806. The van der Waals surface area contributed by atoms with Crippen LogP contribution in [0.3, 0.4) is 0 Å². The summed E-state index contributed by atoms with van der Waals surface area (Å²) in [5.41, 5.74) is 0.403. The van der Waals surface area contributed by atoms with Crippen LogP contribution in [0.15, 0.2) is 21.8 Å². The minimum absolute atomic E-state index is 0.0602. The first kappa shape index (κ1) is 20.0. The number of nitrogens with one attached hydrogen (secondary N) is 2. The van der Waals surface area contributed by atoms with E-state index in [4.69, 9.17) is 4.52 Å². The Morgan fingerprint density at radius 2 is 1.77 bits per heavy atom. The summed E-state index contributed by atoms with van der Waals surface area (Å²) in [6, 6.07) is -1.02. The van der Waals surface area contributed by atoms with Crippen LogP contribution >= 0.6 is 0 Å². The van der Waals surface area contributed by atoms with Gasteiger partial charge in [-0.1, -0.05) is 25.9 Å². The fourth-order valence-corrected chi connectivity index (χ4v) is 3.77. The lowest BCUT2D eigenvalue weighted by Gasteiger charge is -2.17. The van der Waals surface area contributed by atoms with Gasteiger partial charge in [-0.25, -0.2) is 18.4 Å². The molecule has 0 spiro atoms. The summed E-state index contributed by atoms with van der Waals surface area (Å²) in [4.78, 5) is 20.6. The molecule has 0 fully saturated rings. The van der Waals surface area contributed by atoms with Gasteiger partial charge in [0.05, 0.1) is 24.1 Å². The van der Waals surface area contributed by atoms with Crippen LogP contribution in [0, 0.1) is 13.8 Å². The molecular formula is C16H23N5O4S. The zero-order valence-electron chi connectivity index (χ0n) is 15.6. The Hall–Kier alpha value is -2.33. The molecule has 142 valence electrons. The maximum atomic E-state index is 12.4. The number of aryl methyl sites for hydroxylation is 2. The summed E-state index contributed by atoms with van der Waals surface area (Å²) in [5.74, 6) is 0.267. The molecule has 9 nitrogen and oxygen atoms in total. The highest BCUT2D eigenvalue weighted by Crippen LogP contribution is 2.20. The van der Waals surface area contributed by atoms with Gasteiger partial charge in [0.25, 0.3) is 0 Å². The standard InChI is InChI=1S/C16H23N5O4S/c1-9-13(11(3)25-20-9)26(23,24)21-10(2)14(22)19-12-7-17-15(18-8-12)16(4,5)6/h7-8,10,21H,1-6H3,(H,19,22)/t10-/m0/s1. The molecule has 10 heteroatoms. The second kappa shape index (κ2) is 7.12. The van der Waals surface area contributed by atoms with Gasteiger partial charge >= 0.3 is 0 Å². The van der Waals surface area contributed by atoms with Gasteiger partial charge in [0.2, 0.25) is 15.9 Å². The fourth-order valence-electron chi connectivity index (χ4n) is 2.23. The number of hydrogen-bond donors (Lipinski definition) is 2. The van der Waals surface area contributed by atoms with Gasteiger partial charge in [0, 0.05) is 5.41 Å². The van der Waals surface area contributed by atoms with E-state index in [0.717, 1.165) is 0 Å². The van der Waals surface area contributed by atoms with Crippen molar-refractivity contribution in [3.05, 3.63) is 29.7 Å². The summed E-state index contributed by atoms with van der Waals surface area (Å²) in [7, 11) is -3.94. The van der Waals surface area contributed by atoms with E-state index in [1.54, 1.807) is 0 Å². The molecule has 2 aromatic heterocycles. The van der Waals surface area contributed by atoms with Crippen LogP contribution in [0.4, 0.5) is 5.69 Å². The lowest BCUT2D eigenvalue weighted by Crippen LogP contribution is -2.41. The molecular weight excluding hydrogens is 358 g/mol. The van der Waals surface area contributed by atoms with Crippen molar-refractivity contribution < 1.29 is 17.7 Å². The highest BCUT2D eigenvalue weighted by Gasteiger charge is 2.28. The number of carbonyl (C=O) groups is 1. The molecule has 0 saturated heterocycles. The number of hydrogen-bond acceptors (Lipinski definition) is 7. The van der Waals surface area contributed by atoms with E-state index in [2.05, 4.69) is 25.2 Å². The molecule has 2 rings (SSSR count). The third-order valence-electron chi connectivity index (χ3n) is 3.55. The van der Waals surface area contributed by atoms with Gasteiger partial charge in [-0.05, 0) is 20.8 Å². The van der Waals surface area contributed by atoms with Gasteiger partial charge in [-0.15, -0.1) is 0 Å². The Morgan fingerprint density at radius 1 is 1.19 bits per heavy atom. The molecule has 1 atom stereocenters. The fraction of sp³-hybridized carbons (Fsp3) is 0.500. The number of anilines is 1. The van der Waals surface area contributed by atoms with Gasteiger partial charge < -0.3 is 9.84 Å². The van der Waals surface area contributed by atoms with Crippen molar-refractivity contribution >= 4 is 21.6 Å².